The van der Waals surface area contributed by atoms with Crippen molar-refractivity contribution >= 4 is 12.9 Å². The normalized spacial score (nSPS) is 10.9. The smallest absolute Gasteiger partial charge is 0.0509 e. The molecule has 0 aliphatic rings. The van der Waals surface area contributed by atoms with Gasteiger partial charge in [-0.15, -0.1) is 0 Å². The van der Waals surface area contributed by atoms with Crippen molar-refractivity contribution in [2.24, 2.45) is 15.9 Å². The van der Waals surface area contributed by atoms with Crippen LogP contribution in [0.1, 0.15) is 0 Å². The first kappa shape index (κ1) is 5.88. The molecule has 0 aromatic carbocycles. The predicted molar refractivity (Wildman–Crippen MR) is 31.4 cm³/mol. The van der Waals surface area contributed by atoms with Gasteiger partial charge in [0.1, 0.15) is 0 Å². The fourth-order valence-corrected chi connectivity index (χ4v) is 0.135. The quantitative estimate of drug-likeness (QED) is 0.387. The Morgan fingerprint density at radius 2 is 2.29 bits per heavy atom. The van der Waals surface area contributed by atoms with Crippen molar-refractivity contribution in [1.29, 1.82) is 0 Å². The molecule has 0 unspecified atom stereocenters. The number of allylic oxidation sites excluding steroid dienone is 1. The van der Waals surface area contributed by atoms with Crippen LogP contribution in [0.15, 0.2) is 22.5 Å². The van der Waals surface area contributed by atoms with E-state index < -0.39 is 0 Å². The number of hydrogen-bond donors (Lipinski definition) is 1. The fourth-order valence-electron chi connectivity index (χ4n) is 0.135. The van der Waals surface area contributed by atoms with Crippen molar-refractivity contribution < 1.29 is 0 Å². The van der Waals surface area contributed by atoms with E-state index in [1.807, 2.05) is 0 Å². The Morgan fingerprint density at radius 3 is 2.71 bits per heavy atom. The Kier molecular flexibility index (Phi) is 4.10. The molecule has 0 saturated heterocycles. The lowest BCUT2D eigenvalue weighted by atomic mass is 10.7. The topological polar surface area (TPSA) is 50.7 Å². The third-order valence-electron chi connectivity index (χ3n) is 0.345. The fraction of sp³-hybridized carbons (Fsp3) is 0. The van der Waals surface area contributed by atoms with Gasteiger partial charge in [-0.3, -0.25) is 0 Å². The Balaban J connectivity index is 3.27. The highest BCUT2D eigenvalue weighted by Crippen LogP contribution is 1.61. The lowest BCUT2D eigenvalue weighted by Crippen LogP contribution is -1.74. The Bertz CT molecular complexity index is 93.1. The summed E-state index contributed by atoms with van der Waals surface area (Å²) in [4.78, 5) is 0. The molecule has 0 bridgehead atoms. The van der Waals surface area contributed by atoms with Crippen molar-refractivity contribution in [1.82, 2.24) is 0 Å². The SMILES string of the molecule is C=N/N=C\C=C/N. The molecule has 0 saturated carbocycles. The summed E-state index contributed by atoms with van der Waals surface area (Å²) in [5.74, 6) is 0. The third kappa shape index (κ3) is 4.88. The van der Waals surface area contributed by atoms with Crippen molar-refractivity contribution in [2.45, 2.75) is 0 Å². The third-order valence-corrected chi connectivity index (χ3v) is 0.345. The van der Waals surface area contributed by atoms with E-state index in [1.165, 1.54) is 12.4 Å². The van der Waals surface area contributed by atoms with Crippen molar-refractivity contribution in [3.8, 4) is 0 Å². The van der Waals surface area contributed by atoms with E-state index >= 15 is 0 Å². The number of hydrogen-bond acceptors (Lipinski definition) is 3. The second-order valence-electron chi connectivity index (χ2n) is 0.791. The molecule has 0 aromatic rings. The second kappa shape index (κ2) is 4.88. The van der Waals surface area contributed by atoms with Crippen molar-refractivity contribution in [3.63, 3.8) is 0 Å². The molecule has 38 valence electrons. The summed E-state index contributed by atoms with van der Waals surface area (Å²) in [6, 6.07) is 0. The average molecular weight is 97.1 g/mol. The molecule has 0 rings (SSSR count). The van der Waals surface area contributed by atoms with E-state index in [0.29, 0.717) is 0 Å². The molecule has 0 fully saturated rings. The summed E-state index contributed by atoms with van der Waals surface area (Å²) < 4.78 is 0. The molecule has 0 amide bonds. The van der Waals surface area contributed by atoms with E-state index in [9.17, 15) is 0 Å². The molecular formula is C4H7N3. The van der Waals surface area contributed by atoms with Crippen molar-refractivity contribution in [2.75, 3.05) is 0 Å². The molecule has 0 radical (unpaired) electrons. The zero-order valence-electron chi connectivity index (χ0n) is 3.91. The maximum Gasteiger partial charge on any atom is 0.0509 e. The Morgan fingerprint density at radius 1 is 1.57 bits per heavy atom. The van der Waals surface area contributed by atoms with Gasteiger partial charge in [0.05, 0.1) is 6.21 Å². The van der Waals surface area contributed by atoms with Crippen LogP contribution >= 0.6 is 0 Å². The molecule has 0 aromatic heterocycles. The van der Waals surface area contributed by atoms with Gasteiger partial charge in [-0.25, -0.2) is 0 Å². The van der Waals surface area contributed by atoms with Gasteiger partial charge in [0.15, 0.2) is 0 Å². The first-order valence-electron chi connectivity index (χ1n) is 1.77. The number of nitrogens with zero attached hydrogens (tertiary/aromatic N) is 2. The second-order valence-corrected chi connectivity index (χ2v) is 0.791. The van der Waals surface area contributed by atoms with E-state index in [1.54, 1.807) is 6.08 Å². The van der Waals surface area contributed by atoms with Crippen LogP contribution in [0.25, 0.3) is 0 Å². The molecule has 0 aliphatic heterocycles. The predicted octanol–water partition coefficient (Wildman–Crippen LogP) is 0.145. The van der Waals surface area contributed by atoms with E-state index in [4.69, 9.17) is 5.73 Å². The van der Waals surface area contributed by atoms with Crippen LogP contribution in [-0.4, -0.2) is 12.9 Å². The summed E-state index contributed by atoms with van der Waals surface area (Å²) in [5, 5.41) is 6.57. The molecule has 7 heavy (non-hydrogen) atoms. The molecular weight excluding hydrogens is 90.1 g/mol. The van der Waals surface area contributed by atoms with E-state index in [2.05, 4.69) is 16.9 Å². The van der Waals surface area contributed by atoms with Gasteiger partial charge in [0.2, 0.25) is 0 Å². The maximum absolute atomic E-state index is 4.94. The van der Waals surface area contributed by atoms with Gasteiger partial charge in [-0.1, -0.05) is 0 Å². The van der Waals surface area contributed by atoms with Crippen LogP contribution in [-0.2, 0) is 0 Å². The summed E-state index contributed by atoms with van der Waals surface area (Å²) in [6.45, 7) is 3.11. The van der Waals surface area contributed by atoms with Crippen LogP contribution in [0.4, 0.5) is 0 Å². The Labute approximate surface area is 42.2 Å². The lowest BCUT2D eigenvalue weighted by Gasteiger charge is -1.66. The van der Waals surface area contributed by atoms with E-state index in [0.717, 1.165) is 0 Å². The zero-order valence-corrected chi connectivity index (χ0v) is 3.91. The maximum atomic E-state index is 4.94. The van der Waals surface area contributed by atoms with Crippen LogP contribution in [0.5, 0.6) is 0 Å². The van der Waals surface area contributed by atoms with Crippen molar-refractivity contribution in [3.05, 3.63) is 12.3 Å². The highest BCUT2D eigenvalue weighted by atomic mass is 15.2. The van der Waals surface area contributed by atoms with Gasteiger partial charge in [0, 0.05) is 6.72 Å². The highest BCUT2D eigenvalue weighted by Gasteiger charge is 1.53. The lowest BCUT2D eigenvalue weighted by molar-refractivity contribution is 1.28. The molecule has 0 atom stereocenters. The van der Waals surface area contributed by atoms with Gasteiger partial charge >= 0.3 is 0 Å². The summed E-state index contributed by atoms with van der Waals surface area (Å²) in [6.07, 6.45) is 4.39. The summed E-state index contributed by atoms with van der Waals surface area (Å²) in [7, 11) is 0. The number of nitrogens with two attached hydrogens (primary N) is 1. The molecule has 3 nitrogen and oxygen atoms in total. The molecule has 0 heterocycles. The number of rotatable bonds is 2. The van der Waals surface area contributed by atoms with Crippen LogP contribution in [0.3, 0.4) is 0 Å². The molecule has 2 N–H and O–H groups in total. The highest BCUT2D eigenvalue weighted by molar-refractivity contribution is 5.70. The first-order valence-corrected chi connectivity index (χ1v) is 1.77. The minimum Gasteiger partial charge on any atom is -0.405 e. The van der Waals surface area contributed by atoms with Gasteiger partial charge < -0.3 is 5.73 Å². The first-order chi connectivity index (χ1) is 3.41. The molecule has 0 spiro atoms. The Hall–Kier alpha value is -1.12. The summed E-state index contributed by atoms with van der Waals surface area (Å²) in [5.41, 5.74) is 4.94. The van der Waals surface area contributed by atoms with Crippen LogP contribution in [0, 0.1) is 0 Å². The standard InChI is InChI=1S/C4H7N3/c1-6-7-4-2-3-5/h2-4H,1,5H2/b3-2-,7-4-. The minimum absolute atomic E-state index is 1.37. The monoisotopic (exact) mass is 97.1 g/mol. The molecule has 3 heteroatoms. The average Bonchev–Trinajstić information content (AvgIpc) is 1.69. The largest absolute Gasteiger partial charge is 0.405 e. The zero-order chi connectivity index (χ0) is 5.54. The van der Waals surface area contributed by atoms with Gasteiger partial charge in [-0.2, -0.15) is 10.2 Å². The minimum atomic E-state index is 1.37. The summed E-state index contributed by atoms with van der Waals surface area (Å²) >= 11 is 0. The van der Waals surface area contributed by atoms with E-state index in [-0.39, 0.29) is 0 Å². The molecule has 0 aliphatic carbocycles. The van der Waals surface area contributed by atoms with Gasteiger partial charge in [0.25, 0.3) is 0 Å². The van der Waals surface area contributed by atoms with Gasteiger partial charge in [-0.05, 0) is 12.3 Å². The van der Waals surface area contributed by atoms with Crippen LogP contribution in [0.2, 0.25) is 0 Å². The van der Waals surface area contributed by atoms with Crippen LogP contribution < -0.4 is 5.73 Å².